The molecular weight excluding hydrogens is 390 g/mol. The maximum atomic E-state index is 13.7. The van der Waals surface area contributed by atoms with Gasteiger partial charge in [-0.25, -0.2) is 4.39 Å². The van der Waals surface area contributed by atoms with Crippen LogP contribution in [-0.2, 0) is 11.3 Å². The first-order chi connectivity index (χ1) is 13.0. The highest BCUT2D eigenvalue weighted by Crippen LogP contribution is 2.27. The smallest absolute Gasteiger partial charge is 0.255 e. The molecule has 0 spiro atoms. The number of halogens is 3. The van der Waals surface area contributed by atoms with Crippen LogP contribution in [0.2, 0.25) is 10.0 Å². The summed E-state index contributed by atoms with van der Waals surface area (Å²) in [4.78, 5) is 26.5. The summed E-state index contributed by atoms with van der Waals surface area (Å²) in [5.74, 6) is -1.19. The van der Waals surface area contributed by atoms with Gasteiger partial charge in [-0.05, 0) is 30.5 Å². The van der Waals surface area contributed by atoms with Crippen LogP contribution < -0.4 is 5.32 Å². The van der Waals surface area contributed by atoms with E-state index in [-0.39, 0.29) is 33.3 Å². The van der Waals surface area contributed by atoms with E-state index in [0.29, 0.717) is 32.5 Å². The molecule has 1 heterocycles. The van der Waals surface area contributed by atoms with Gasteiger partial charge in [0.15, 0.2) is 0 Å². The number of hydrogen-bond acceptors (Lipinski definition) is 2. The van der Waals surface area contributed by atoms with Crippen LogP contribution in [0.1, 0.15) is 28.8 Å². The van der Waals surface area contributed by atoms with Gasteiger partial charge < -0.3 is 10.2 Å². The molecule has 2 amide bonds. The number of nitrogens with zero attached hydrogens (tertiary/aromatic N) is 1. The molecule has 0 bridgehead atoms. The molecule has 1 aliphatic rings. The molecule has 142 valence electrons. The van der Waals surface area contributed by atoms with Gasteiger partial charge in [-0.3, -0.25) is 9.59 Å². The predicted octanol–water partition coefficient (Wildman–Crippen LogP) is 4.30. The highest BCUT2D eigenvalue weighted by molar-refractivity contribution is 6.36. The molecule has 3 rings (SSSR count). The number of nitrogens with one attached hydrogen (secondary N) is 1. The topological polar surface area (TPSA) is 49.4 Å². The average Bonchev–Trinajstić information content (AvgIpc) is 2.69. The molecule has 0 saturated carbocycles. The van der Waals surface area contributed by atoms with Gasteiger partial charge in [0.1, 0.15) is 5.82 Å². The molecular formula is C20H19Cl2FN2O2. The SMILES string of the molecule is O=C(NCc1ccccc1)C1CCN(C(=O)c2cc(F)c(Cl)cc2Cl)CC1. The Labute approximate surface area is 167 Å². The fourth-order valence-electron chi connectivity index (χ4n) is 3.13. The van der Waals surface area contributed by atoms with Gasteiger partial charge in [0, 0.05) is 25.6 Å². The normalized spacial score (nSPS) is 14.9. The van der Waals surface area contributed by atoms with E-state index >= 15 is 0 Å². The van der Waals surface area contributed by atoms with Crippen molar-refractivity contribution in [1.29, 1.82) is 0 Å². The zero-order valence-corrected chi connectivity index (χ0v) is 16.1. The van der Waals surface area contributed by atoms with E-state index in [9.17, 15) is 14.0 Å². The number of carbonyl (C=O) groups excluding carboxylic acids is 2. The summed E-state index contributed by atoms with van der Waals surface area (Å²) in [6, 6.07) is 12.0. The lowest BCUT2D eigenvalue weighted by molar-refractivity contribution is -0.126. The Morgan fingerprint density at radius 3 is 2.41 bits per heavy atom. The molecule has 27 heavy (non-hydrogen) atoms. The van der Waals surface area contributed by atoms with Crippen LogP contribution in [-0.4, -0.2) is 29.8 Å². The second-order valence-corrected chi connectivity index (χ2v) is 7.33. The zero-order valence-electron chi connectivity index (χ0n) is 14.6. The lowest BCUT2D eigenvalue weighted by atomic mass is 9.95. The molecule has 1 saturated heterocycles. The first kappa shape index (κ1) is 19.6. The molecule has 0 radical (unpaired) electrons. The summed E-state index contributed by atoms with van der Waals surface area (Å²) in [6.07, 6.45) is 1.11. The number of amides is 2. The fraction of sp³-hybridized carbons (Fsp3) is 0.300. The van der Waals surface area contributed by atoms with Crippen LogP contribution in [0.4, 0.5) is 4.39 Å². The number of hydrogen-bond donors (Lipinski definition) is 1. The minimum atomic E-state index is -0.681. The van der Waals surface area contributed by atoms with Crippen molar-refractivity contribution < 1.29 is 14.0 Å². The number of carbonyl (C=O) groups is 2. The van der Waals surface area contributed by atoms with E-state index in [4.69, 9.17) is 23.2 Å². The number of piperidine rings is 1. The Hall–Kier alpha value is -2.11. The van der Waals surface area contributed by atoms with Gasteiger partial charge in [-0.1, -0.05) is 53.5 Å². The highest BCUT2D eigenvalue weighted by Gasteiger charge is 2.29. The number of likely N-dealkylation sites (tertiary alicyclic amines) is 1. The molecule has 1 fully saturated rings. The van der Waals surface area contributed by atoms with Crippen LogP contribution in [0.15, 0.2) is 42.5 Å². The predicted molar refractivity (Wildman–Crippen MR) is 103 cm³/mol. The standard InChI is InChI=1S/C20H19Cl2FN2O2/c21-16-11-17(22)18(23)10-15(16)20(27)25-8-6-14(7-9-25)19(26)24-12-13-4-2-1-3-5-13/h1-5,10-11,14H,6-9,12H2,(H,24,26). The molecule has 0 atom stereocenters. The second-order valence-electron chi connectivity index (χ2n) is 6.52. The van der Waals surface area contributed by atoms with Crippen LogP contribution in [0.3, 0.4) is 0 Å². The van der Waals surface area contributed by atoms with E-state index in [1.54, 1.807) is 4.90 Å². The summed E-state index contributed by atoms with van der Waals surface area (Å²) in [6.45, 7) is 1.32. The van der Waals surface area contributed by atoms with Crippen molar-refractivity contribution in [2.24, 2.45) is 5.92 Å². The maximum absolute atomic E-state index is 13.7. The highest BCUT2D eigenvalue weighted by atomic mass is 35.5. The summed E-state index contributed by atoms with van der Waals surface area (Å²) < 4.78 is 13.7. The molecule has 2 aromatic rings. The van der Waals surface area contributed by atoms with Gasteiger partial charge in [0.05, 0.1) is 15.6 Å². The van der Waals surface area contributed by atoms with Crippen molar-refractivity contribution in [2.45, 2.75) is 19.4 Å². The Bertz CT molecular complexity index is 837. The summed E-state index contributed by atoms with van der Waals surface area (Å²) in [7, 11) is 0. The average molecular weight is 409 g/mol. The van der Waals surface area contributed by atoms with Gasteiger partial charge in [0.25, 0.3) is 5.91 Å². The van der Waals surface area contributed by atoms with E-state index < -0.39 is 5.82 Å². The first-order valence-corrected chi connectivity index (χ1v) is 9.46. The summed E-state index contributed by atoms with van der Waals surface area (Å²) >= 11 is 11.7. The minimum absolute atomic E-state index is 0.0125. The molecule has 0 unspecified atom stereocenters. The van der Waals surface area contributed by atoms with E-state index in [0.717, 1.165) is 11.6 Å². The van der Waals surface area contributed by atoms with Crippen molar-refractivity contribution in [1.82, 2.24) is 10.2 Å². The zero-order chi connectivity index (χ0) is 19.4. The van der Waals surface area contributed by atoms with Crippen molar-refractivity contribution >= 4 is 35.0 Å². The molecule has 2 aromatic carbocycles. The van der Waals surface area contributed by atoms with Gasteiger partial charge >= 0.3 is 0 Å². The van der Waals surface area contributed by atoms with Gasteiger partial charge in [-0.2, -0.15) is 0 Å². The van der Waals surface area contributed by atoms with Crippen LogP contribution >= 0.6 is 23.2 Å². The summed E-state index contributed by atoms with van der Waals surface area (Å²) in [5, 5.41) is 2.94. The Kier molecular flexibility index (Phi) is 6.34. The molecule has 4 nitrogen and oxygen atoms in total. The van der Waals surface area contributed by atoms with Gasteiger partial charge in [-0.15, -0.1) is 0 Å². The Morgan fingerprint density at radius 2 is 1.74 bits per heavy atom. The van der Waals surface area contributed by atoms with Crippen molar-refractivity contribution in [3.8, 4) is 0 Å². The van der Waals surface area contributed by atoms with Crippen molar-refractivity contribution in [2.75, 3.05) is 13.1 Å². The fourth-order valence-corrected chi connectivity index (χ4v) is 3.59. The largest absolute Gasteiger partial charge is 0.352 e. The third-order valence-corrected chi connectivity index (χ3v) is 5.31. The molecule has 0 aromatic heterocycles. The molecule has 1 N–H and O–H groups in total. The monoisotopic (exact) mass is 408 g/mol. The van der Waals surface area contributed by atoms with Crippen molar-refractivity contribution in [3.05, 3.63) is 69.5 Å². The number of rotatable bonds is 4. The van der Waals surface area contributed by atoms with E-state index in [1.165, 1.54) is 6.07 Å². The van der Waals surface area contributed by atoms with E-state index in [1.807, 2.05) is 30.3 Å². The second kappa shape index (κ2) is 8.72. The van der Waals surface area contributed by atoms with Gasteiger partial charge in [0.2, 0.25) is 5.91 Å². The summed E-state index contributed by atoms with van der Waals surface area (Å²) in [5.41, 5.74) is 1.13. The van der Waals surface area contributed by atoms with Crippen LogP contribution in [0, 0.1) is 11.7 Å². The Morgan fingerprint density at radius 1 is 1.07 bits per heavy atom. The minimum Gasteiger partial charge on any atom is -0.352 e. The van der Waals surface area contributed by atoms with Crippen molar-refractivity contribution in [3.63, 3.8) is 0 Å². The third-order valence-electron chi connectivity index (χ3n) is 4.70. The molecule has 0 aliphatic carbocycles. The number of benzene rings is 2. The molecule has 1 aliphatic heterocycles. The van der Waals surface area contributed by atoms with E-state index in [2.05, 4.69) is 5.32 Å². The lowest BCUT2D eigenvalue weighted by Crippen LogP contribution is -2.43. The van der Waals surface area contributed by atoms with Crippen LogP contribution in [0.25, 0.3) is 0 Å². The third kappa shape index (κ3) is 4.79. The Balaban J connectivity index is 1.54. The lowest BCUT2D eigenvalue weighted by Gasteiger charge is -2.31. The maximum Gasteiger partial charge on any atom is 0.255 e. The first-order valence-electron chi connectivity index (χ1n) is 8.71. The quantitative estimate of drug-likeness (QED) is 0.766. The van der Waals surface area contributed by atoms with Crippen LogP contribution in [0.5, 0.6) is 0 Å². The molecule has 7 heteroatoms.